The minimum atomic E-state index is 0.310. The summed E-state index contributed by atoms with van der Waals surface area (Å²) >= 11 is 3.55. The van der Waals surface area contributed by atoms with Crippen LogP contribution in [0.15, 0.2) is 45.7 Å². The maximum atomic E-state index is 5.91. The third-order valence-electron chi connectivity index (χ3n) is 6.38. The monoisotopic (exact) mass is 507 g/mol. The third kappa shape index (κ3) is 4.20. The number of anilines is 2. The number of rotatable bonds is 5. The van der Waals surface area contributed by atoms with E-state index in [-0.39, 0.29) is 0 Å². The zero-order chi connectivity index (χ0) is 22.2. The molecule has 2 aliphatic rings. The van der Waals surface area contributed by atoms with Gasteiger partial charge in [-0.05, 0) is 48.9 Å². The lowest BCUT2D eigenvalue weighted by molar-refractivity contribution is 0.456. The van der Waals surface area contributed by atoms with E-state index >= 15 is 0 Å². The fourth-order valence-electron chi connectivity index (χ4n) is 4.64. The van der Waals surface area contributed by atoms with Crippen LogP contribution in [-0.2, 0) is 12.8 Å². The van der Waals surface area contributed by atoms with Gasteiger partial charge in [-0.15, -0.1) is 10.2 Å². The maximum Gasteiger partial charge on any atom is 0.318 e. The first kappa shape index (κ1) is 20.3. The molecule has 1 saturated heterocycles. The Bertz CT molecular complexity index is 1230. The minimum absolute atomic E-state index is 0.310. The van der Waals surface area contributed by atoms with Crippen molar-refractivity contribution in [3.63, 3.8) is 0 Å². The van der Waals surface area contributed by atoms with E-state index in [1.807, 2.05) is 0 Å². The van der Waals surface area contributed by atoms with Crippen LogP contribution in [0.3, 0.4) is 0 Å². The molecular formula is C22H22BrN9O. The molecule has 3 aromatic heterocycles. The Morgan fingerprint density at radius 1 is 1.03 bits per heavy atom. The molecule has 0 radical (unpaired) electrons. The molecule has 1 aromatic carbocycles. The fourth-order valence-corrected chi connectivity index (χ4v) is 5.05. The SMILES string of the molecule is Brc1ccc2c(c1)CC(Nc1cnc(-c3nnc(N4CCC(c5cnn[nH]5)CC4)o3)cn1)C2. The van der Waals surface area contributed by atoms with Crippen molar-refractivity contribution in [3.05, 3.63) is 58.1 Å². The van der Waals surface area contributed by atoms with Gasteiger partial charge in [-0.1, -0.05) is 32.3 Å². The molecule has 1 aliphatic heterocycles. The Labute approximate surface area is 198 Å². The normalized spacial score (nSPS) is 18.5. The second-order valence-electron chi connectivity index (χ2n) is 8.51. The molecule has 2 N–H and O–H groups in total. The molecule has 1 atom stereocenters. The average Bonchev–Trinajstić information content (AvgIpc) is 3.60. The van der Waals surface area contributed by atoms with Crippen LogP contribution in [-0.4, -0.2) is 54.7 Å². The molecule has 0 spiro atoms. The minimum Gasteiger partial charge on any atom is -0.401 e. The Kier molecular flexibility index (Phi) is 5.25. The van der Waals surface area contributed by atoms with Gasteiger partial charge < -0.3 is 14.6 Å². The smallest absolute Gasteiger partial charge is 0.318 e. The van der Waals surface area contributed by atoms with Gasteiger partial charge in [0.15, 0.2) is 0 Å². The van der Waals surface area contributed by atoms with Crippen molar-refractivity contribution in [3.8, 4) is 11.6 Å². The summed E-state index contributed by atoms with van der Waals surface area (Å²) in [5, 5.41) is 22.6. The van der Waals surface area contributed by atoms with Gasteiger partial charge in [-0.3, -0.25) is 5.10 Å². The van der Waals surface area contributed by atoms with E-state index in [9.17, 15) is 0 Å². The molecule has 33 heavy (non-hydrogen) atoms. The van der Waals surface area contributed by atoms with Crippen molar-refractivity contribution in [2.45, 2.75) is 37.6 Å². The molecule has 0 saturated carbocycles. The number of aromatic nitrogens is 7. The van der Waals surface area contributed by atoms with Crippen molar-refractivity contribution < 1.29 is 4.42 Å². The van der Waals surface area contributed by atoms with Gasteiger partial charge >= 0.3 is 6.01 Å². The first-order chi connectivity index (χ1) is 16.2. The van der Waals surface area contributed by atoms with Crippen LogP contribution in [0.2, 0.25) is 0 Å². The van der Waals surface area contributed by atoms with Crippen molar-refractivity contribution in [1.29, 1.82) is 0 Å². The molecule has 4 heterocycles. The van der Waals surface area contributed by atoms with E-state index in [2.05, 4.69) is 79.9 Å². The quantitative estimate of drug-likeness (QED) is 0.418. The summed E-state index contributed by atoms with van der Waals surface area (Å²) < 4.78 is 7.02. The zero-order valence-corrected chi connectivity index (χ0v) is 19.4. The lowest BCUT2D eigenvalue weighted by Crippen LogP contribution is -2.33. The lowest BCUT2D eigenvalue weighted by Gasteiger charge is -2.29. The summed E-state index contributed by atoms with van der Waals surface area (Å²) in [6, 6.07) is 7.29. The molecule has 6 rings (SSSR count). The molecule has 4 aromatic rings. The first-order valence-corrected chi connectivity index (χ1v) is 11.8. The van der Waals surface area contributed by atoms with E-state index in [1.54, 1.807) is 18.6 Å². The third-order valence-corrected chi connectivity index (χ3v) is 6.87. The molecule has 168 valence electrons. The van der Waals surface area contributed by atoms with Gasteiger partial charge in [0.2, 0.25) is 0 Å². The Hall–Kier alpha value is -3.34. The zero-order valence-electron chi connectivity index (χ0n) is 17.8. The second-order valence-corrected chi connectivity index (χ2v) is 9.43. The van der Waals surface area contributed by atoms with Crippen LogP contribution < -0.4 is 10.2 Å². The van der Waals surface area contributed by atoms with Gasteiger partial charge in [0.25, 0.3) is 5.89 Å². The van der Waals surface area contributed by atoms with Gasteiger partial charge in [0, 0.05) is 29.5 Å². The standard InChI is InChI=1S/C22H22BrN9O/c23-16-2-1-14-8-17(9-15(14)7-16)27-20-12-24-19(10-25-20)21-29-30-22(33-21)32-5-3-13(4-6-32)18-11-26-31-28-18/h1-2,7,10-13,17H,3-6,8-9H2,(H,25,27)(H,26,28,31). The van der Waals surface area contributed by atoms with Crippen LogP contribution in [0, 0.1) is 0 Å². The number of H-pyrrole nitrogens is 1. The molecule has 1 fully saturated rings. The first-order valence-electron chi connectivity index (χ1n) is 11.0. The van der Waals surface area contributed by atoms with E-state index in [4.69, 9.17) is 4.42 Å². The van der Waals surface area contributed by atoms with Gasteiger partial charge in [-0.25, -0.2) is 9.97 Å². The van der Waals surface area contributed by atoms with Crippen LogP contribution >= 0.6 is 15.9 Å². The highest BCUT2D eigenvalue weighted by molar-refractivity contribution is 9.10. The van der Waals surface area contributed by atoms with E-state index in [1.165, 1.54) is 11.1 Å². The predicted octanol–water partition coefficient (Wildman–Crippen LogP) is 3.37. The number of fused-ring (bicyclic) bond motifs is 1. The number of halogens is 1. The number of nitrogens with zero attached hydrogens (tertiary/aromatic N) is 7. The lowest BCUT2D eigenvalue weighted by atomic mass is 9.94. The summed E-state index contributed by atoms with van der Waals surface area (Å²) in [6.07, 6.45) is 9.10. The van der Waals surface area contributed by atoms with Gasteiger partial charge in [0.1, 0.15) is 11.5 Å². The molecule has 10 nitrogen and oxygen atoms in total. The Morgan fingerprint density at radius 3 is 2.70 bits per heavy atom. The molecular weight excluding hydrogens is 486 g/mol. The molecule has 0 bridgehead atoms. The molecule has 11 heteroatoms. The molecule has 0 amide bonds. The Morgan fingerprint density at radius 2 is 1.91 bits per heavy atom. The summed E-state index contributed by atoms with van der Waals surface area (Å²) in [4.78, 5) is 11.1. The number of hydrogen-bond acceptors (Lipinski definition) is 9. The number of benzene rings is 1. The summed E-state index contributed by atoms with van der Waals surface area (Å²) in [6.45, 7) is 1.67. The summed E-state index contributed by atoms with van der Waals surface area (Å²) in [5.74, 6) is 1.55. The molecule has 1 unspecified atom stereocenters. The Balaban J connectivity index is 1.07. The van der Waals surface area contributed by atoms with E-state index < -0.39 is 0 Å². The highest BCUT2D eigenvalue weighted by Crippen LogP contribution is 2.30. The number of hydrogen-bond donors (Lipinski definition) is 2. The van der Waals surface area contributed by atoms with Crippen molar-refractivity contribution >= 4 is 27.8 Å². The largest absolute Gasteiger partial charge is 0.401 e. The van der Waals surface area contributed by atoms with E-state index in [0.717, 1.165) is 54.8 Å². The number of piperidine rings is 1. The maximum absolute atomic E-state index is 5.91. The predicted molar refractivity (Wildman–Crippen MR) is 125 cm³/mol. The average molecular weight is 508 g/mol. The van der Waals surface area contributed by atoms with Crippen molar-refractivity contribution in [2.24, 2.45) is 0 Å². The van der Waals surface area contributed by atoms with Crippen molar-refractivity contribution in [1.82, 2.24) is 35.6 Å². The van der Waals surface area contributed by atoms with Gasteiger partial charge in [-0.2, -0.15) is 0 Å². The van der Waals surface area contributed by atoms with E-state index in [0.29, 0.717) is 29.6 Å². The van der Waals surface area contributed by atoms with Gasteiger partial charge in [0.05, 0.1) is 24.3 Å². The van der Waals surface area contributed by atoms with Crippen LogP contribution in [0.1, 0.15) is 35.6 Å². The van der Waals surface area contributed by atoms with Crippen LogP contribution in [0.25, 0.3) is 11.6 Å². The number of aromatic amines is 1. The summed E-state index contributed by atoms with van der Waals surface area (Å²) in [7, 11) is 0. The highest BCUT2D eigenvalue weighted by Gasteiger charge is 2.26. The molecule has 1 aliphatic carbocycles. The van der Waals surface area contributed by atoms with Crippen molar-refractivity contribution in [2.75, 3.05) is 23.3 Å². The highest BCUT2D eigenvalue weighted by atomic mass is 79.9. The van der Waals surface area contributed by atoms with Crippen LogP contribution in [0.5, 0.6) is 0 Å². The topological polar surface area (TPSA) is 122 Å². The second kappa shape index (κ2) is 8.54. The van der Waals surface area contributed by atoms with Crippen LogP contribution in [0.4, 0.5) is 11.8 Å². The number of nitrogens with one attached hydrogen (secondary N) is 2. The summed E-state index contributed by atoms with van der Waals surface area (Å²) in [5.41, 5.74) is 4.40. The fraction of sp³-hybridized carbons (Fsp3) is 0.364.